The van der Waals surface area contributed by atoms with Crippen molar-refractivity contribution in [1.82, 2.24) is 19.5 Å². The van der Waals surface area contributed by atoms with E-state index >= 15 is 0 Å². The van der Waals surface area contributed by atoms with Crippen LogP contribution in [0.3, 0.4) is 0 Å². The Morgan fingerprint density at radius 2 is 1.67 bits per heavy atom. The highest BCUT2D eigenvalue weighted by atomic mass is 35.5. The fourth-order valence-corrected chi connectivity index (χ4v) is 4.01. The molecule has 0 radical (unpaired) electrons. The van der Waals surface area contributed by atoms with Crippen LogP contribution in [0.25, 0.3) is 16.8 Å². The van der Waals surface area contributed by atoms with Gasteiger partial charge in [-0.25, -0.2) is 9.50 Å². The van der Waals surface area contributed by atoms with Crippen molar-refractivity contribution in [2.75, 3.05) is 43.4 Å². The Labute approximate surface area is 180 Å². The number of nitrogens with one attached hydrogen (secondary N) is 1. The largest absolute Gasteiger partial charge is 0.369 e. The van der Waals surface area contributed by atoms with Crippen LogP contribution in [0.5, 0.6) is 0 Å². The summed E-state index contributed by atoms with van der Waals surface area (Å²) in [5.41, 5.74) is 5.00. The summed E-state index contributed by atoms with van der Waals surface area (Å²) in [6.07, 6.45) is 1.81. The quantitative estimate of drug-likeness (QED) is 0.527. The second-order valence-electron chi connectivity index (χ2n) is 7.58. The normalized spacial score (nSPS) is 14.9. The molecular weight excluding hydrogens is 396 g/mol. The summed E-state index contributed by atoms with van der Waals surface area (Å²) >= 11 is 6.39. The van der Waals surface area contributed by atoms with E-state index in [2.05, 4.69) is 56.5 Å². The Kier molecular flexibility index (Phi) is 5.02. The first-order chi connectivity index (χ1) is 14.7. The first-order valence-corrected chi connectivity index (χ1v) is 10.5. The van der Waals surface area contributed by atoms with E-state index in [4.69, 9.17) is 11.6 Å². The number of likely N-dealkylation sites (N-methyl/N-ethyl adjacent to an activating group) is 1. The standard InChI is InChI=1S/C23H23ClN6/c1-28-12-14-29(15-13-28)18-8-6-17(7-9-18)26-23-25-16-19-10-11-22(30(19)27-23)20-4-2-3-5-21(20)24/h2-11,16H,12-15H2,1H3,(H,26,27). The van der Waals surface area contributed by atoms with Crippen molar-refractivity contribution in [3.8, 4) is 11.3 Å². The van der Waals surface area contributed by atoms with Crippen LogP contribution in [-0.4, -0.2) is 52.7 Å². The van der Waals surface area contributed by atoms with Gasteiger partial charge in [0.1, 0.15) is 0 Å². The maximum Gasteiger partial charge on any atom is 0.245 e. The van der Waals surface area contributed by atoms with Gasteiger partial charge in [0, 0.05) is 48.1 Å². The smallest absolute Gasteiger partial charge is 0.245 e. The van der Waals surface area contributed by atoms with E-state index in [1.165, 1.54) is 5.69 Å². The summed E-state index contributed by atoms with van der Waals surface area (Å²) in [5.74, 6) is 0.541. The van der Waals surface area contributed by atoms with E-state index in [1.807, 2.05) is 47.1 Å². The van der Waals surface area contributed by atoms with Gasteiger partial charge in [-0.1, -0.05) is 29.8 Å². The molecule has 152 valence electrons. The third kappa shape index (κ3) is 3.72. The lowest BCUT2D eigenvalue weighted by Gasteiger charge is -2.34. The molecular formula is C23H23ClN6. The minimum Gasteiger partial charge on any atom is -0.369 e. The molecule has 2 aromatic heterocycles. The number of rotatable bonds is 4. The van der Waals surface area contributed by atoms with Crippen molar-refractivity contribution >= 4 is 34.4 Å². The molecule has 30 heavy (non-hydrogen) atoms. The van der Waals surface area contributed by atoms with Crippen molar-refractivity contribution in [1.29, 1.82) is 0 Å². The van der Waals surface area contributed by atoms with Crippen molar-refractivity contribution in [3.05, 3.63) is 71.9 Å². The van der Waals surface area contributed by atoms with Crippen molar-refractivity contribution in [3.63, 3.8) is 0 Å². The molecule has 1 fully saturated rings. The van der Waals surface area contributed by atoms with Gasteiger partial charge in [-0.3, -0.25) is 0 Å². The minimum absolute atomic E-state index is 0.541. The van der Waals surface area contributed by atoms with E-state index in [9.17, 15) is 0 Å². The lowest BCUT2D eigenvalue weighted by molar-refractivity contribution is 0.313. The SMILES string of the molecule is CN1CCN(c2ccc(Nc3ncc4ccc(-c5ccccc5Cl)n4n3)cc2)CC1. The van der Waals surface area contributed by atoms with E-state index in [0.717, 1.165) is 48.6 Å². The van der Waals surface area contributed by atoms with Gasteiger partial charge in [-0.15, -0.1) is 5.10 Å². The summed E-state index contributed by atoms with van der Waals surface area (Å²) in [6.45, 7) is 4.31. The molecule has 3 heterocycles. The van der Waals surface area contributed by atoms with Gasteiger partial charge in [0.25, 0.3) is 0 Å². The molecule has 5 rings (SSSR count). The monoisotopic (exact) mass is 418 g/mol. The minimum atomic E-state index is 0.541. The first kappa shape index (κ1) is 18.9. The maximum absolute atomic E-state index is 6.39. The number of benzene rings is 2. The maximum atomic E-state index is 6.39. The number of aromatic nitrogens is 3. The zero-order chi connectivity index (χ0) is 20.5. The summed E-state index contributed by atoms with van der Waals surface area (Å²) in [6, 6.07) is 20.2. The van der Waals surface area contributed by atoms with Crippen molar-refractivity contribution in [2.45, 2.75) is 0 Å². The van der Waals surface area contributed by atoms with Crippen LogP contribution in [0.15, 0.2) is 66.9 Å². The van der Waals surface area contributed by atoms with Crippen LogP contribution < -0.4 is 10.2 Å². The molecule has 0 bridgehead atoms. The number of halogens is 1. The van der Waals surface area contributed by atoms with Crippen LogP contribution in [0.1, 0.15) is 0 Å². The topological polar surface area (TPSA) is 48.7 Å². The summed E-state index contributed by atoms with van der Waals surface area (Å²) in [4.78, 5) is 9.24. The van der Waals surface area contributed by atoms with E-state index in [0.29, 0.717) is 11.0 Å². The van der Waals surface area contributed by atoms with Crippen molar-refractivity contribution in [2.24, 2.45) is 0 Å². The van der Waals surface area contributed by atoms with Crippen LogP contribution in [0.4, 0.5) is 17.3 Å². The molecule has 7 heteroatoms. The molecule has 1 aliphatic heterocycles. The molecule has 0 saturated carbocycles. The summed E-state index contributed by atoms with van der Waals surface area (Å²) < 4.78 is 1.87. The molecule has 1 N–H and O–H groups in total. The van der Waals surface area contributed by atoms with Crippen LogP contribution in [0.2, 0.25) is 5.02 Å². The molecule has 0 amide bonds. The number of hydrogen-bond acceptors (Lipinski definition) is 5. The predicted molar refractivity (Wildman–Crippen MR) is 123 cm³/mol. The number of piperazine rings is 1. The Bertz CT molecular complexity index is 1160. The summed E-state index contributed by atoms with van der Waals surface area (Å²) in [7, 11) is 2.17. The molecule has 4 aromatic rings. The predicted octanol–water partition coefficient (Wildman–Crippen LogP) is 4.55. The van der Waals surface area contributed by atoms with Crippen LogP contribution in [0, 0.1) is 0 Å². The fourth-order valence-electron chi connectivity index (χ4n) is 3.78. The second kappa shape index (κ2) is 7.97. The Hall–Kier alpha value is -3.09. The average molecular weight is 419 g/mol. The third-order valence-electron chi connectivity index (χ3n) is 5.54. The van der Waals surface area contributed by atoms with Gasteiger partial charge in [0.15, 0.2) is 0 Å². The number of fused-ring (bicyclic) bond motifs is 1. The highest BCUT2D eigenvalue weighted by Crippen LogP contribution is 2.29. The second-order valence-corrected chi connectivity index (χ2v) is 7.99. The Morgan fingerprint density at radius 1 is 0.900 bits per heavy atom. The third-order valence-corrected chi connectivity index (χ3v) is 5.87. The molecule has 0 unspecified atom stereocenters. The molecule has 1 saturated heterocycles. The number of hydrogen-bond donors (Lipinski definition) is 1. The highest BCUT2D eigenvalue weighted by Gasteiger charge is 2.14. The first-order valence-electron chi connectivity index (χ1n) is 10.1. The number of anilines is 3. The van der Waals surface area contributed by atoms with E-state index in [1.54, 1.807) is 0 Å². The molecule has 0 aliphatic carbocycles. The molecule has 0 atom stereocenters. The lowest BCUT2D eigenvalue weighted by atomic mass is 10.1. The van der Waals surface area contributed by atoms with Crippen molar-refractivity contribution < 1.29 is 0 Å². The zero-order valence-corrected chi connectivity index (χ0v) is 17.5. The Morgan fingerprint density at radius 3 is 2.43 bits per heavy atom. The van der Waals surface area contributed by atoms with Gasteiger partial charge >= 0.3 is 0 Å². The lowest BCUT2D eigenvalue weighted by Crippen LogP contribution is -2.44. The molecule has 0 spiro atoms. The highest BCUT2D eigenvalue weighted by molar-refractivity contribution is 6.33. The van der Waals surface area contributed by atoms with E-state index in [-0.39, 0.29) is 0 Å². The van der Waals surface area contributed by atoms with E-state index < -0.39 is 0 Å². The van der Waals surface area contributed by atoms with Crippen LogP contribution >= 0.6 is 11.6 Å². The van der Waals surface area contributed by atoms with Gasteiger partial charge in [-0.05, 0) is 49.5 Å². The van der Waals surface area contributed by atoms with Gasteiger partial charge in [0.2, 0.25) is 5.95 Å². The molecule has 2 aromatic carbocycles. The van der Waals surface area contributed by atoms with Gasteiger partial charge in [0.05, 0.1) is 17.4 Å². The van der Waals surface area contributed by atoms with Gasteiger partial charge < -0.3 is 15.1 Å². The molecule has 6 nitrogen and oxygen atoms in total. The zero-order valence-electron chi connectivity index (χ0n) is 16.8. The van der Waals surface area contributed by atoms with Gasteiger partial charge in [-0.2, -0.15) is 0 Å². The number of nitrogens with zero attached hydrogens (tertiary/aromatic N) is 5. The average Bonchev–Trinajstić information content (AvgIpc) is 3.18. The van der Waals surface area contributed by atoms with Crippen LogP contribution in [-0.2, 0) is 0 Å². The summed E-state index contributed by atoms with van der Waals surface area (Å²) in [5, 5.41) is 8.70. The Balaban J connectivity index is 1.38. The fraction of sp³-hybridized carbons (Fsp3) is 0.217. The molecule has 1 aliphatic rings.